The average molecular weight is 444 g/mol. The van der Waals surface area contributed by atoms with E-state index in [0.717, 1.165) is 30.9 Å². The molecule has 170 valence electrons. The fourth-order valence-electron chi connectivity index (χ4n) is 4.48. The average Bonchev–Trinajstić information content (AvgIpc) is 3.31. The summed E-state index contributed by atoms with van der Waals surface area (Å²) in [5.41, 5.74) is 3.24. The van der Waals surface area contributed by atoms with E-state index in [1.165, 1.54) is 18.4 Å². The van der Waals surface area contributed by atoms with Gasteiger partial charge in [-0.2, -0.15) is 0 Å². The van der Waals surface area contributed by atoms with E-state index in [-0.39, 0.29) is 6.03 Å². The molecule has 0 bridgehead atoms. The van der Waals surface area contributed by atoms with Crippen LogP contribution in [0.25, 0.3) is 11.3 Å². The molecule has 7 nitrogen and oxygen atoms in total. The summed E-state index contributed by atoms with van der Waals surface area (Å²) >= 11 is 0. The topological polar surface area (TPSA) is 70.6 Å². The van der Waals surface area contributed by atoms with E-state index in [0.29, 0.717) is 23.8 Å². The molecule has 1 aromatic carbocycles. The van der Waals surface area contributed by atoms with Gasteiger partial charge in [-0.25, -0.2) is 9.78 Å². The Kier molecular flexibility index (Phi) is 5.72. The molecular weight excluding hydrogens is 414 g/mol. The molecule has 0 atom stereocenters. The first kappa shape index (κ1) is 21.4. The van der Waals surface area contributed by atoms with Gasteiger partial charge in [0.05, 0.1) is 24.1 Å². The van der Waals surface area contributed by atoms with E-state index >= 15 is 0 Å². The number of hydrogen-bond acceptors (Lipinski definition) is 5. The minimum atomic E-state index is -0.530. The van der Waals surface area contributed by atoms with Crippen molar-refractivity contribution >= 4 is 17.5 Å². The fraction of sp³-hybridized carbons (Fsp3) is 0.346. The molecule has 3 aromatic rings. The van der Waals surface area contributed by atoms with Gasteiger partial charge in [0.2, 0.25) is 0 Å². The monoisotopic (exact) mass is 443 g/mol. The van der Waals surface area contributed by atoms with Gasteiger partial charge in [0, 0.05) is 18.3 Å². The molecule has 2 aliphatic rings. The molecule has 0 saturated carbocycles. The zero-order valence-corrected chi connectivity index (χ0v) is 19.1. The third kappa shape index (κ3) is 4.83. The Labute approximate surface area is 194 Å². The molecule has 0 unspecified atom stereocenters. The number of pyridine rings is 2. The predicted octanol–water partition coefficient (Wildman–Crippen LogP) is 4.95. The van der Waals surface area contributed by atoms with Gasteiger partial charge >= 0.3 is 6.03 Å². The number of benzene rings is 1. The molecule has 2 amide bonds. The Balaban J connectivity index is 1.44. The van der Waals surface area contributed by atoms with Crippen molar-refractivity contribution in [2.75, 3.05) is 29.9 Å². The van der Waals surface area contributed by atoms with Gasteiger partial charge in [-0.15, -0.1) is 0 Å². The summed E-state index contributed by atoms with van der Waals surface area (Å²) in [6.45, 7) is 7.60. The summed E-state index contributed by atoms with van der Waals surface area (Å²) in [5.74, 6) is 1.13. The van der Waals surface area contributed by atoms with Gasteiger partial charge < -0.3 is 10.1 Å². The second kappa shape index (κ2) is 8.83. The van der Waals surface area contributed by atoms with Crippen LogP contribution in [0, 0.1) is 0 Å². The minimum absolute atomic E-state index is 0.256. The number of rotatable bonds is 4. The molecule has 0 spiro atoms. The molecular formula is C26H29N5O2. The maximum Gasteiger partial charge on any atom is 0.327 e. The van der Waals surface area contributed by atoms with Crippen molar-refractivity contribution in [1.82, 2.24) is 14.9 Å². The molecule has 0 radical (unpaired) electrons. The number of amides is 2. The van der Waals surface area contributed by atoms with Gasteiger partial charge in [0.15, 0.2) is 11.6 Å². The predicted molar refractivity (Wildman–Crippen MR) is 129 cm³/mol. The number of hydrogen-bond donors (Lipinski definition) is 1. The number of aromatic nitrogens is 2. The van der Waals surface area contributed by atoms with Crippen molar-refractivity contribution in [3.05, 3.63) is 66.5 Å². The van der Waals surface area contributed by atoms with Crippen LogP contribution in [0.5, 0.6) is 5.75 Å². The van der Waals surface area contributed by atoms with E-state index in [4.69, 9.17) is 9.72 Å². The van der Waals surface area contributed by atoms with Gasteiger partial charge in [-0.05, 0) is 75.7 Å². The van der Waals surface area contributed by atoms with Crippen molar-refractivity contribution in [1.29, 1.82) is 0 Å². The molecule has 33 heavy (non-hydrogen) atoms. The Morgan fingerprint density at radius 1 is 1.12 bits per heavy atom. The largest absolute Gasteiger partial charge is 0.482 e. The second-order valence-electron chi connectivity index (χ2n) is 9.32. The number of urea groups is 1. The molecule has 5 rings (SSSR count). The normalized spacial score (nSPS) is 17.3. The molecule has 1 fully saturated rings. The number of carbonyl (C=O) groups excluding carboxylic acids is 1. The first-order chi connectivity index (χ1) is 16.0. The van der Waals surface area contributed by atoms with Gasteiger partial charge in [-0.3, -0.25) is 14.8 Å². The van der Waals surface area contributed by atoms with E-state index in [2.05, 4.69) is 39.5 Å². The van der Waals surface area contributed by atoms with Gasteiger partial charge in [-0.1, -0.05) is 18.2 Å². The Hall–Kier alpha value is -3.45. The number of carbonyl (C=O) groups is 1. The SMILES string of the molecule is CC1(C)CN(C(=O)Nc2cccnc2)c2nc(-c3cccc(CN4CCCC4)c3)ccc2O1. The summed E-state index contributed by atoms with van der Waals surface area (Å²) < 4.78 is 6.15. The van der Waals surface area contributed by atoms with E-state index < -0.39 is 5.60 Å². The third-order valence-corrected chi connectivity index (χ3v) is 6.01. The molecule has 0 aliphatic carbocycles. The van der Waals surface area contributed by atoms with Crippen LogP contribution in [-0.4, -0.2) is 46.1 Å². The number of nitrogens with one attached hydrogen (secondary N) is 1. The highest BCUT2D eigenvalue weighted by Gasteiger charge is 2.36. The van der Waals surface area contributed by atoms with E-state index in [9.17, 15) is 4.79 Å². The second-order valence-corrected chi connectivity index (χ2v) is 9.32. The zero-order chi connectivity index (χ0) is 22.8. The van der Waals surface area contributed by atoms with Crippen LogP contribution in [0.1, 0.15) is 32.3 Å². The van der Waals surface area contributed by atoms with Crippen LogP contribution >= 0.6 is 0 Å². The molecule has 2 aromatic heterocycles. The van der Waals surface area contributed by atoms with Crippen molar-refractivity contribution in [3.8, 4) is 17.0 Å². The highest BCUT2D eigenvalue weighted by Crippen LogP contribution is 2.37. The van der Waals surface area contributed by atoms with Crippen LogP contribution in [-0.2, 0) is 6.54 Å². The quantitative estimate of drug-likeness (QED) is 0.618. The van der Waals surface area contributed by atoms with E-state index in [1.54, 1.807) is 23.4 Å². The number of nitrogens with zero attached hydrogens (tertiary/aromatic N) is 4. The zero-order valence-electron chi connectivity index (χ0n) is 19.1. The summed E-state index contributed by atoms with van der Waals surface area (Å²) in [5, 5.41) is 2.92. The van der Waals surface area contributed by atoms with Crippen molar-refractivity contribution in [3.63, 3.8) is 0 Å². The van der Waals surface area contributed by atoms with Gasteiger partial charge in [0.25, 0.3) is 0 Å². The third-order valence-electron chi connectivity index (χ3n) is 6.01. The summed E-state index contributed by atoms with van der Waals surface area (Å²) in [7, 11) is 0. The maximum absolute atomic E-state index is 13.2. The molecule has 7 heteroatoms. The number of likely N-dealkylation sites (tertiary alicyclic amines) is 1. The van der Waals surface area contributed by atoms with Crippen molar-refractivity contribution in [2.45, 2.75) is 38.8 Å². The lowest BCUT2D eigenvalue weighted by Gasteiger charge is -2.38. The Bertz CT molecular complexity index is 1140. The summed E-state index contributed by atoms with van der Waals surface area (Å²) in [6.07, 6.45) is 5.85. The Morgan fingerprint density at radius 3 is 2.76 bits per heavy atom. The van der Waals surface area contributed by atoms with E-state index in [1.807, 2.05) is 32.0 Å². The number of anilines is 2. The minimum Gasteiger partial charge on any atom is -0.482 e. The molecule has 4 heterocycles. The fourth-order valence-corrected chi connectivity index (χ4v) is 4.48. The standard InChI is InChI=1S/C26H29N5O2/c1-26(2)18-31(25(32)28-21-9-6-12-27-16-21)24-23(33-26)11-10-22(29-24)20-8-5-7-19(15-20)17-30-13-3-4-14-30/h5-12,15-16H,3-4,13-14,17-18H2,1-2H3,(H,28,32). The van der Waals surface area contributed by atoms with Crippen LogP contribution in [0.3, 0.4) is 0 Å². The number of ether oxygens (including phenoxy) is 1. The molecule has 2 aliphatic heterocycles. The maximum atomic E-state index is 13.2. The highest BCUT2D eigenvalue weighted by atomic mass is 16.5. The van der Waals surface area contributed by atoms with Gasteiger partial charge in [0.1, 0.15) is 5.60 Å². The first-order valence-corrected chi connectivity index (χ1v) is 11.5. The Morgan fingerprint density at radius 2 is 1.97 bits per heavy atom. The highest BCUT2D eigenvalue weighted by molar-refractivity contribution is 6.02. The first-order valence-electron chi connectivity index (χ1n) is 11.5. The lowest BCUT2D eigenvalue weighted by atomic mass is 10.0. The van der Waals surface area contributed by atoms with Crippen LogP contribution in [0.15, 0.2) is 60.9 Å². The lowest BCUT2D eigenvalue weighted by molar-refractivity contribution is 0.106. The van der Waals surface area contributed by atoms with Crippen LogP contribution in [0.4, 0.5) is 16.3 Å². The molecule has 1 N–H and O–H groups in total. The van der Waals surface area contributed by atoms with Crippen molar-refractivity contribution < 1.29 is 9.53 Å². The van der Waals surface area contributed by atoms with Crippen molar-refractivity contribution in [2.24, 2.45) is 0 Å². The van der Waals surface area contributed by atoms with Crippen LogP contribution in [0.2, 0.25) is 0 Å². The molecule has 1 saturated heterocycles. The smallest absolute Gasteiger partial charge is 0.327 e. The number of fused-ring (bicyclic) bond motifs is 1. The summed E-state index contributed by atoms with van der Waals surface area (Å²) in [4.78, 5) is 26.3. The lowest BCUT2D eigenvalue weighted by Crippen LogP contribution is -2.51. The summed E-state index contributed by atoms with van der Waals surface area (Å²) in [6, 6.07) is 15.7. The van der Waals surface area contributed by atoms with Crippen LogP contribution < -0.4 is 15.0 Å².